The second kappa shape index (κ2) is 6.83. The quantitative estimate of drug-likeness (QED) is 0.576. The summed E-state index contributed by atoms with van der Waals surface area (Å²) in [6.07, 6.45) is 0.304. The monoisotopic (exact) mass is 463 g/mol. The fourth-order valence-electron chi connectivity index (χ4n) is 4.34. The van der Waals surface area contributed by atoms with Crippen LogP contribution < -0.4 is 5.43 Å². The van der Waals surface area contributed by atoms with Crippen molar-refractivity contribution in [3.8, 4) is 0 Å². The first kappa shape index (κ1) is 19.6. The summed E-state index contributed by atoms with van der Waals surface area (Å²) in [4.78, 5) is 28.3. The number of halogens is 2. The number of amides is 1. The van der Waals surface area contributed by atoms with Crippen LogP contribution in [0.25, 0.3) is 11.0 Å². The van der Waals surface area contributed by atoms with E-state index >= 15 is 0 Å². The molecule has 0 spiro atoms. The van der Waals surface area contributed by atoms with Crippen molar-refractivity contribution in [1.82, 2.24) is 4.90 Å². The molecular formula is C21H15Cl2NO5S. The molecule has 6 nitrogen and oxygen atoms in total. The molecule has 2 aromatic carbocycles. The van der Waals surface area contributed by atoms with Gasteiger partial charge in [0.05, 0.1) is 28.5 Å². The lowest BCUT2D eigenvalue weighted by atomic mass is 9.97. The Bertz CT molecular complexity index is 1380. The Morgan fingerprint density at radius 3 is 2.50 bits per heavy atom. The summed E-state index contributed by atoms with van der Waals surface area (Å²) in [5.41, 5.74) is 0.687. The predicted molar refractivity (Wildman–Crippen MR) is 114 cm³/mol. The second-order valence-corrected chi connectivity index (χ2v) is 10.6. The van der Waals surface area contributed by atoms with Gasteiger partial charge < -0.3 is 9.32 Å². The Morgan fingerprint density at radius 1 is 1.03 bits per heavy atom. The number of nitrogens with zero attached hydrogens (tertiary/aromatic N) is 1. The molecule has 2 aliphatic heterocycles. The van der Waals surface area contributed by atoms with E-state index < -0.39 is 27.8 Å². The molecule has 0 N–H and O–H groups in total. The van der Waals surface area contributed by atoms with Gasteiger partial charge in [0.1, 0.15) is 5.58 Å². The summed E-state index contributed by atoms with van der Waals surface area (Å²) in [6.45, 7) is 0. The first-order chi connectivity index (χ1) is 14.2. The lowest BCUT2D eigenvalue weighted by Gasteiger charge is -2.30. The number of benzene rings is 2. The minimum absolute atomic E-state index is 0.000976. The third-order valence-electron chi connectivity index (χ3n) is 5.63. The van der Waals surface area contributed by atoms with Crippen molar-refractivity contribution in [3.05, 3.63) is 79.6 Å². The van der Waals surface area contributed by atoms with Crippen LogP contribution in [0.1, 0.15) is 34.1 Å². The summed E-state index contributed by atoms with van der Waals surface area (Å²) in [7, 11) is -3.26. The molecule has 2 atom stereocenters. The molecule has 2 aliphatic rings. The van der Waals surface area contributed by atoms with Gasteiger partial charge in [-0.15, -0.1) is 0 Å². The van der Waals surface area contributed by atoms with Crippen LogP contribution in [0.15, 0.2) is 51.7 Å². The molecule has 9 heteroatoms. The third kappa shape index (κ3) is 3.04. The smallest absolute Gasteiger partial charge is 0.291 e. The minimum Gasteiger partial charge on any atom is -0.450 e. The SMILES string of the molecule is O=C1c2oc3ccc(Cl)cc3c(=O)c2C(c2cccc(Cl)c2)N1C1CCS(=O)(=O)C1. The molecule has 0 bridgehead atoms. The molecule has 1 amide bonds. The van der Waals surface area contributed by atoms with Crippen LogP contribution in [-0.4, -0.2) is 36.8 Å². The highest BCUT2D eigenvalue weighted by Gasteiger charge is 2.48. The Hall–Kier alpha value is -2.35. The van der Waals surface area contributed by atoms with Gasteiger partial charge in [0.15, 0.2) is 15.3 Å². The van der Waals surface area contributed by atoms with Crippen LogP contribution >= 0.6 is 23.2 Å². The van der Waals surface area contributed by atoms with Crippen molar-refractivity contribution in [2.45, 2.75) is 18.5 Å². The van der Waals surface area contributed by atoms with Gasteiger partial charge in [-0.05, 0) is 42.3 Å². The van der Waals surface area contributed by atoms with Crippen molar-refractivity contribution >= 4 is 49.9 Å². The first-order valence-corrected chi connectivity index (χ1v) is 11.9. The molecule has 1 saturated heterocycles. The Balaban J connectivity index is 1.78. The normalized spacial score (nSPS) is 22.6. The molecule has 154 valence electrons. The van der Waals surface area contributed by atoms with Gasteiger partial charge in [0.2, 0.25) is 5.76 Å². The van der Waals surface area contributed by atoms with Crippen LogP contribution in [0.4, 0.5) is 0 Å². The van der Waals surface area contributed by atoms with Crippen LogP contribution in [0, 0.1) is 0 Å². The van der Waals surface area contributed by atoms with E-state index in [1.54, 1.807) is 36.4 Å². The molecule has 0 radical (unpaired) electrons. The van der Waals surface area contributed by atoms with Gasteiger partial charge in [-0.25, -0.2) is 8.42 Å². The van der Waals surface area contributed by atoms with Gasteiger partial charge in [0, 0.05) is 16.1 Å². The largest absolute Gasteiger partial charge is 0.450 e. The number of carbonyl (C=O) groups is 1. The summed E-state index contributed by atoms with van der Waals surface area (Å²) < 4.78 is 30.1. The lowest BCUT2D eigenvalue weighted by molar-refractivity contribution is 0.0662. The molecule has 1 aromatic heterocycles. The molecule has 2 unspecified atom stereocenters. The number of hydrogen-bond acceptors (Lipinski definition) is 5. The fraction of sp³-hybridized carbons (Fsp3) is 0.238. The number of sulfone groups is 1. The third-order valence-corrected chi connectivity index (χ3v) is 7.85. The minimum atomic E-state index is -3.26. The molecule has 5 rings (SSSR count). The van der Waals surface area contributed by atoms with Crippen molar-refractivity contribution < 1.29 is 17.6 Å². The number of hydrogen-bond donors (Lipinski definition) is 0. The summed E-state index contributed by atoms with van der Waals surface area (Å²) in [6, 6.07) is 10.1. The van der Waals surface area contributed by atoms with Crippen molar-refractivity contribution in [2.24, 2.45) is 0 Å². The highest BCUT2D eigenvalue weighted by molar-refractivity contribution is 7.91. The molecule has 1 fully saturated rings. The van der Waals surface area contributed by atoms with Gasteiger partial charge in [-0.2, -0.15) is 0 Å². The lowest BCUT2D eigenvalue weighted by Crippen LogP contribution is -2.40. The van der Waals surface area contributed by atoms with Gasteiger partial charge in [-0.3, -0.25) is 9.59 Å². The topological polar surface area (TPSA) is 84.7 Å². The number of fused-ring (bicyclic) bond motifs is 2. The van der Waals surface area contributed by atoms with Gasteiger partial charge in [-0.1, -0.05) is 35.3 Å². The first-order valence-electron chi connectivity index (χ1n) is 9.30. The van der Waals surface area contributed by atoms with Gasteiger partial charge in [0.25, 0.3) is 5.91 Å². The molecule has 0 saturated carbocycles. The molecule has 30 heavy (non-hydrogen) atoms. The number of carbonyl (C=O) groups excluding carboxylic acids is 1. The maximum Gasteiger partial charge on any atom is 0.291 e. The van der Waals surface area contributed by atoms with E-state index in [1.165, 1.54) is 11.0 Å². The Kier molecular flexibility index (Phi) is 4.47. The van der Waals surface area contributed by atoms with E-state index in [-0.39, 0.29) is 39.2 Å². The highest BCUT2D eigenvalue weighted by atomic mass is 35.5. The maximum absolute atomic E-state index is 13.4. The van der Waals surface area contributed by atoms with E-state index in [9.17, 15) is 18.0 Å². The zero-order valence-electron chi connectivity index (χ0n) is 15.5. The molecular weight excluding hydrogens is 449 g/mol. The van der Waals surface area contributed by atoms with Crippen LogP contribution in [0.2, 0.25) is 10.0 Å². The van der Waals surface area contributed by atoms with Crippen LogP contribution in [0.5, 0.6) is 0 Å². The van der Waals surface area contributed by atoms with E-state index in [2.05, 4.69) is 0 Å². The molecule has 3 aromatic rings. The molecule has 3 heterocycles. The van der Waals surface area contributed by atoms with E-state index in [4.69, 9.17) is 27.6 Å². The predicted octanol–water partition coefficient (Wildman–Crippen LogP) is 3.83. The Morgan fingerprint density at radius 2 is 1.80 bits per heavy atom. The van der Waals surface area contributed by atoms with Crippen LogP contribution in [0.3, 0.4) is 0 Å². The van der Waals surface area contributed by atoms with Crippen molar-refractivity contribution in [2.75, 3.05) is 11.5 Å². The average molecular weight is 464 g/mol. The van der Waals surface area contributed by atoms with Crippen molar-refractivity contribution in [3.63, 3.8) is 0 Å². The summed E-state index contributed by atoms with van der Waals surface area (Å²) in [5, 5.41) is 1.08. The summed E-state index contributed by atoms with van der Waals surface area (Å²) in [5.74, 6) is -0.711. The van der Waals surface area contributed by atoms with E-state index in [0.29, 0.717) is 22.0 Å². The fourth-order valence-corrected chi connectivity index (χ4v) is 6.42. The highest BCUT2D eigenvalue weighted by Crippen LogP contribution is 2.42. The Labute approximate surface area is 181 Å². The van der Waals surface area contributed by atoms with E-state index in [0.717, 1.165) is 0 Å². The molecule has 0 aliphatic carbocycles. The number of rotatable bonds is 2. The van der Waals surface area contributed by atoms with Gasteiger partial charge >= 0.3 is 0 Å². The van der Waals surface area contributed by atoms with Crippen LogP contribution in [-0.2, 0) is 9.84 Å². The summed E-state index contributed by atoms with van der Waals surface area (Å²) >= 11 is 12.2. The maximum atomic E-state index is 13.4. The van der Waals surface area contributed by atoms with Crippen molar-refractivity contribution in [1.29, 1.82) is 0 Å². The standard InChI is InChI=1S/C21H15Cl2NO5S/c22-12-3-1-2-11(8-12)18-17-19(25)15-9-13(23)4-5-16(15)29-20(17)21(26)24(18)14-6-7-30(27,28)10-14/h1-5,8-9,14,18H,6-7,10H2. The zero-order valence-corrected chi connectivity index (χ0v) is 17.8. The second-order valence-electron chi connectivity index (χ2n) is 7.54. The zero-order chi connectivity index (χ0) is 21.2. The van der Waals surface area contributed by atoms with E-state index in [1.807, 2.05) is 0 Å². The average Bonchev–Trinajstić information content (AvgIpc) is 3.19.